The summed E-state index contributed by atoms with van der Waals surface area (Å²) in [5.74, 6) is 0.881. The predicted molar refractivity (Wildman–Crippen MR) is 80.6 cm³/mol. The third kappa shape index (κ3) is 2.39. The van der Waals surface area contributed by atoms with Gasteiger partial charge in [-0.15, -0.1) is 0 Å². The summed E-state index contributed by atoms with van der Waals surface area (Å²) in [6.45, 7) is 2.03. The zero-order valence-corrected chi connectivity index (χ0v) is 11.6. The maximum atomic E-state index is 5.33. The molecule has 96 valence electrons. The van der Waals surface area contributed by atoms with Crippen LogP contribution in [0.25, 0.3) is 10.2 Å². The second-order valence-electron chi connectivity index (χ2n) is 4.30. The van der Waals surface area contributed by atoms with Gasteiger partial charge in [-0.3, -0.25) is 0 Å². The Balaban J connectivity index is 1.92. The van der Waals surface area contributed by atoms with Crippen molar-refractivity contribution in [2.24, 2.45) is 0 Å². The molecule has 1 aromatic heterocycles. The molecule has 0 aliphatic rings. The number of ether oxygens (including phenoxy) is 1. The highest BCUT2D eigenvalue weighted by Crippen LogP contribution is 2.30. The van der Waals surface area contributed by atoms with Crippen molar-refractivity contribution >= 4 is 32.4 Å². The van der Waals surface area contributed by atoms with E-state index in [1.165, 1.54) is 4.70 Å². The van der Waals surface area contributed by atoms with Gasteiger partial charge in [-0.25, -0.2) is 4.98 Å². The van der Waals surface area contributed by atoms with Crippen LogP contribution >= 0.6 is 11.3 Å². The van der Waals surface area contributed by atoms with E-state index in [-0.39, 0.29) is 0 Å². The Morgan fingerprint density at radius 1 is 1.16 bits per heavy atom. The van der Waals surface area contributed by atoms with Gasteiger partial charge in [0.2, 0.25) is 0 Å². The normalized spacial score (nSPS) is 10.6. The topological polar surface area (TPSA) is 34.1 Å². The third-order valence-electron chi connectivity index (χ3n) is 2.95. The van der Waals surface area contributed by atoms with E-state index >= 15 is 0 Å². The van der Waals surface area contributed by atoms with Gasteiger partial charge in [0, 0.05) is 11.8 Å². The van der Waals surface area contributed by atoms with Crippen LogP contribution in [0.3, 0.4) is 0 Å². The molecule has 0 bridgehead atoms. The van der Waals surface area contributed by atoms with Gasteiger partial charge in [-0.1, -0.05) is 29.5 Å². The number of anilines is 2. The fourth-order valence-corrected chi connectivity index (χ4v) is 2.83. The first-order chi connectivity index (χ1) is 9.26. The minimum atomic E-state index is 0.881. The second-order valence-corrected chi connectivity index (χ2v) is 5.33. The summed E-state index contributed by atoms with van der Waals surface area (Å²) in [5, 5.41) is 4.22. The molecule has 0 atom stereocenters. The van der Waals surface area contributed by atoms with Gasteiger partial charge in [-0.2, -0.15) is 0 Å². The van der Waals surface area contributed by atoms with E-state index in [1.54, 1.807) is 18.4 Å². The summed E-state index contributed by atoms with van der Waals surface area (Å²) in [5.41, 5.74) is 3.13. The summed E-state index contributed by atoms with van der Waals surface area (Å²) in [6, 6.07) is 14.2. The monoisotopic (exact) mass is 270 g/mol. The first kappa shape index (κ1) is 12.0. The molecule has 0 saturated carbocycles. The molecule has 0 amide bonds. The van der Waals surface area contributed by atoms with Crippen molar-refractivity contribution in [2.45, 2.75) is 6.92 Å². The largest absolute Gasteiger partial charge is 0.496 e. The Morgan fingerprint density at radius 3 is 2.79 bits per heavy atom. The van der Waals surface area contributed by atoms with Crippen LogP contribution in [0.4, 0.5) is 10.8 Å². The molecule has 0 aliphatic carbocycles. The third-order valence-corrected chi connectivity index (χ3v) is 3.91. The van der Waals surface area contributed by atoms with E-state index in [2.05, 4.69) is 16.4 Å². The molecular weight excluding hydrogens is 256 g/mol. The van der Waals surface area contributed by atoms with E-state index in [4.69, 9.17) is 4.74 Å². The molecule has 2 aromatic carbocycles. The van der Waals surface area contributed by atoms with Crippen molar-refractivity contribution < 1.29 is 4.74 Å². The zero-order chi connectivity index (χ0) is 13.2. The Kier molecular flexibility index (Phi) is 3.09. The van der Waals surface area contributed by atoms with Gasteiger partial charge >= 0.3 is 0 Å². The average molecular weight is 270 g/mol. The van der Waals surface area contributed by atoms with Gasteiger partial charge in [0.05, 0.1) is 17.3 Å². The minimum absolute atomic E-state index is 0.881. The first-order valence-electron chi connectivity index (χ1n) is 6.03. The van der Waals surface area contributed by atoms with Crippen molar-refractivity contribution in [3.8, 4) is 5.75 Å². The van der Waals surface area contributed by atoms with Crippen LogP contribution in [-0.4, -0.2) is 12.1 Å². The smallest absolute Gasteiger partial charge is 0.188 e. The van der Waals surface area contributed by atoms with Crippen molar-refractivity contribution in [3.63, 3.8) is 0 Å². The van der Waals surface area contributed by atoms with Gasteiger partial charge in [-0.05, 0) is 30.7 Å². The Hall–Kier alpha value is -2.07. The molecule has 3 rings (SSSR count). The maximum Gasteiger partial charge on any atom is 0.188 e. The number of hydrogen-bond acceptors (Lipinski definition) is 4. The van der Waals surface area contributed by atoms with Crippen molar-refractivity contribution in [2.75, 3.05) is 12.4 Å². The molecule has 19 heavy (non-hydrogen) atoms. The number of para-hydroxylation sites is 1. The summed E-state index contributed by atoms with van der Waals surface area (Å²) >= 11 is 1.65. The lowest BCUT2D eigenvalue weighted by atomic mass is 10.2. The number of hydrogen-bond donors (Lipinski definition) is 1. The Morgan fingerprint density at radius 2 is 2.00 bits per heavy atom. The van der Waals surface area contributed by atoms with E-state index in [9.17, 15) is 0 Å². The van der Waals surface area contributed by atoms with Crippen LogP contribution in [0, 0.1) is 6.92 Å². The summed E-state index contributed by atoms with van der Waals surface area (Å²) in [4.78, 5) is 4.55. The number of aromatic nitrogens is 1. The molecule has 0 aliphatic heterocycles. The van der Waals surface area contributed by atoms with Crippen LogP contribution in [0.15, 0.2) is 42.5 Å². The van der Waals surface area contributed by atoms with Crippen LogP contribution < -0.4 is 10.1 Å². The Bertz CT molecular complexity index is 688. The molecule has 3 nitrogen and oxygen atoms in total. The summed E-state index contributed by atoms with van der Waals surface area (Å²) in [7, 11) is 1.68. The molecule has 0 radical (unpaired) electrons. The maximum absolute atomic E-state index is 5.33. The first-order valence-corrected chi connectivity index (χ1v) is 6.85. The van der Waals surface area contributed by atoms with Crippen molar-refractivity contribution in [3.05, 3.63) is 48.0 Å². The average Bonchev–Trinajstić information content (AvgIpc) is 2.83. The van der Waals surface area contributed by atoms with E-state index in [0.29, 0.717) is 0 Å². The van der Waals surface area contributed by atoms with Gasteiger partial charge < -0.3 is 10.1 Å². The quantitative estimate of drug-likeness (QED) is 0.768. The molecular formula is C15H14N2OS. The van der Waals surface area contributed by atoms with Crippen LogP contribution in [0.5, 0.6) is 5.75 Å². The van der Waals surface area contributed by atoms with Crippen LogP contribution in [0.2, 0.25) is 0 Å². The molecule has 0 fully saturated rings. The molecule has 3 aromatic rings. The number of methoxy groups -OCH3 is 1. The van der Waals surface area contributed by atoms with Gasteiger partial charge in [0.1, 0.15) is 5.75 Å². The molecule has 4 heteroatoms. The number of fused-ring (bicyclic) bond motifs is 1. The lowest BCUT2D eigenvalue weighted by Gasteiger charge is -2.07. The molecule has 0 unspecified atom stereocenters. The lowest BCUT2D eigenvalue weighted by Crippen LogP contribution is -1.92. The fraction of sp³-hybridized carbons (Fsp3) is 0.133. The summed E-state index contributed by atoms with van der Waals surface area (Å²) in [6.07, 6.45) is 0. The number of aryl methyl sites for hydroxylation is 1. The van der Waals surface area contributed by atoms with E-state index in [0.717, 1.165) is 27.6 Å². The standard InChI is InChI=1S/C15H14N2OS/c1-10-7-8-11(9-13(10)18-2)16-15-17-12-5-3-4-6-14(12)19-15/h3-9H,1-2H3,(H,16,17). The van der Waals surface area contributed by atoms with Crippen LogP contribution in [-0.2, 0) is 0 Å². The zero-order valence-electron chi connectivity index (χ0n) is 10.8. The SMILES string of the molecule is COc1cc(Nc2nc3ccccc3s2)ccc1C. The number of thiazole rings is 1. The molecule has 1 heterocycles. The van der Waals surface area contributed by atoms with Gasteiger partial charge in [0.25, 0.3) is 0 Å². The number of nitrogens with zero attached hydrogens (tertiary/aromatic N) is 1. The summed E-state index contributed by atoms with van der Waals surface area (Å²) < 4.78 is 6.51. The number of benzene rings is 2. The highest BCUT2D eigenvalue weighted by atomic mass is 32.1. The highest BCUT2D eigenvalue weighted by molar-refractivity contribution is 7.22. The predicted octanol–water partition coefficient (Wildman–Crippen LogP) is 4.36. The highest BCUT2D eigenvalue weighted by Gasteiger charge is 2.05. The molecule has 0 saturated heterocycles. The van der Waals surface area contributed by atoms with Crippen molar-refractivity contribution in [1.82, 2.24) is 4.98 Å². The van der Waals surface area contributed by atoms with E-state index < -0.39 is 0 Å². The Labute approximate surface area is 115 Å². The number of rotatable bonds is 3. The van der Waals surface area contributed by atoms with E-state index in [1.807, 2.05) is 43.3 Å². The number of nitrogens with one attached hydrogen (secondary N) is 1. The lowest BCUT2D eigenvalue weighted by molar-refractivity contribution is 0.412. The fourth-order valence-electron chi connectivity index (χ4n) is 1.95. The second kappa shape index (κ2) is 4.90. The molecule has 1 N–H and O–H groups in total. The minimum Gasteiger partial charge on any atom is -0.496 e. The van der Waals surface area contributed by atoms with Crippen molar-refractivity contribution in [1.29, 1.82) is 0 Å². The van der Waals surface area contributed by atoms with Crippen LogP contribution in [0.1, 0.15) is 5.56 Å². The van der Waals surface area contributed by atoms with Gasteiger partial charge in [0.15, 0.2) is 5.13 Å². The molecule has 0 spiro atoms.